The highest BCUT2D eigenvalue weighted by atomic mass is 16.5. The molecule has 1 N–H and O–H groups in total. The van der Waals surface area contributed by atoms with E-state index in [0.717, 1.165) is 6.07 Å². The number of Topliss-reactive ketones (excluding diaryl/α,β-unsaturated/α-hetero) is 1. The smallest absolute Gasteiger partial charge is 0.374 e. The molecule has 0 fully saturated rings. The molecule has 0 atom stereocenters. The maximum absolute atomic E-state index is 12.0. The number of benzene rings is 2. The minimum absolute atomic E-state index is 0.0846. The molecule has 0 radical (unpaired) electrons. The van der Waals surface area contributed by atoms with Gasteiger partial charge in [0, 0.05) is 17.3 Å². The van der Waals surface area contributed by atoms with Crippen molar-refractivity contribution in [1.82, 2.24) is 0 Å². The average Bonchev–Trinajstić information content (AvgIpc) is 2.66. The lowest BCUT2D eigenvalue weighted by molar-refractivity contribution is -0.119. The van der Waals surface area contributed by atoms with E-state index in [-0.39, 0.29) is 22.6 Å². The summed E-state index contributed by atoms with van der Waals surface area (Å²) in [4.78, 5) is 47.2. The Balaban J connectivity index is 1.62. The van der Waals surface area contributed by atoms with Gasteiger partial charge < -0.3 is 14.5 Å². The van der Waals surface area contributed by atoms with Crippen LogP contribution in [0.25, 0.3) is 11.0 Å². The van der Waals surface area contributed by atoms with Crippen molar-refractivity contribution in [2.45, 2.75) is 6.92 Å². The predicted octanol–water partition coefficient (Wildman–Crippen LogP) is 2.79. The Bertz CT molecular complexity index is 1080. The standard InChI is InChI=1S/C20H15NO6/c1-12(22)13-6-8-14(9-7-13)21-19(24)11-26-20(25)18-10-16(23)15-4-2-3-5-17(15)27-18/h2-10H,11H2,1H3,(H,21,24). The Kier molecular flexibility index (Phi) is 5.12. The third kappa shape index (κ3) is 4.27. The number of carbonyl (C=O) groups excluding carboxylic acids is 3. The molecule has 7 heteroatoms. The van der Waals surface area contributed by atoms with E-state index in [2.05, 4.69) is 5.32 Å². The number of rotatable bonds is 5. The minimum atomic E-state index is -0.917. The van der Waals surface area contributed by atoms with Crippen LogP contribution in [0.15, 0.2) is 63.8 Å². The van der Waals surface area contributed by atoms with Crippen molar-refractivity contribution in [3.63, 3.8) is 0 Å². The Morgan fingerprint density at radius 2 is 1.74 bits per heavy atom. The fraction of sp³-hybridized carbons (Fsp3) is 0.100. The molecular formula is C20H15NO6. The van der Waals surface area contributed by atoms with Crippen LogP contribution in [0.2, 0.25) is 0 Å². The zero-order valence-corrected chi connectivity index (χ0v) is 14.4. The number of fused-ring (bicyclic) bond motifs is 1. The summed E-state index contributed by atoms with van der Waals surface area (Å²) in [5.41, 5.74) is 0.856. The van der Waals surface area contributed by atoms with E-state index >= 15 is 0 Å². The molecule has 2 aromatic carbocycles. The molecule has 0 spiro atoms. The fourth-order valence-electron chi connectivity index (χ4n) is 2.39. The maximum Gasteiger partial charge on any atom is 0.374 e. The second-order valence-electron chi connectivity index (χ2n) is 5.73. The Labute approximate surface area is 153 Å². The van der Waals surface area contributed by atoms with Crippen molar-refractivity contribution in [1.29, 1.82) is 0 Å². The Morgan fingerprint density at radius 3 is 2.44 bits per heavy atom. The zero-order chi connectivity index (χ0) is 19.4. The summed E-state index contributed by atoms with van der Waals surface area (Å²) in [6, 6.07) is 13.8. The van der Waals surface area contributed by atoms with Crippen LogP contribution in [-0.4, -0.2) is 24.3 Å². The van der Waals surface area contributed by atoms with Crippen molar-refractivity contribution in [2.75, 3.05) is 11.9 Å². The van der Waals surface area contributed by atoms with Gasteiger partial charge in [0.2, 0.25) is 5.76 Å². The van der Waals surface area contributed by atoms with Gasteiger partial charge in [0.15, 0.2) is 17.8 Å². The van der Waals surface area contributed by atoms with Gasteiger partial charge in [-0.15, -0.1) is 0 Å². The number of anilines is 1. The summed E-state index contributed by atoms with van der Waals surface area (Å²) in [5, 5.41) is 2.88. The van der Waals surface area contributed by atoms with E-state index in [1.165, 1.54) is 6.92 Å². The van der Waals surface area contributed by atoms with Gasteiger partial charge >= 0.3 is 5.97 Å². The monoisotopic (exact) mass is 365 g/mol. The maximum atomic E-state index is 12.0. The molecule has 0 aliphatic carbocycles. The lowest BCUT2D eigenvalue weighted by Crippen LogP contribution is -2.21. The van der Waals surface area contributed by atoms with Gasteiger partial charge in [-0.2, -0.15) is 0 Å². The molecular weight excluding hydrogens is 350 g/mol. The van der Waals surface area contributed by atoms with Gasteiger partial charge in [0.05, 0.1) is 5.39 Å². The quantitative estimate of drug-likeness (QED) is 0.551. The molecule has 0 unspecified atom stereocenters. The summed E-state index contributed by atoms with van der Waals surface area (Å²) in [7, 11) is 0. The molecule has 1 amide bonds. The van der Waals surface area contributed by atoms with Crippen LogP contribution in [0.4, 0.5) is 5.69 Å². The van der Waals surface area contributed by atoms with Gasteiger partial charge in [-0.05, 0) is 43.3 Å². The molecule has 0 aliphatic heterocycles. The summed E-state index contributed by atoms with van der Waals surface area (Å²) < 4.78 is 10.2. The first-order valence-electron chi connectivity index (χ1n) is 8.05. The van der Waals surface area contributed by atoms with Crippen molar-refractivity contribution < 1.29 is 23.5 Å². The number of carbonyl (C=O) groups is 3. The topological polar surface area (TPSA) is 103 Å². The summed E-state index contributed by atoms with van der Waals surface area (Å²) in [6.45, 7) is 0.891. The van der Waals surface area contributed by atoms with E-state index in [4.69, 9.17) is 9.15 Å². The van der Waals surface area contributed by atoms with Gasteiger partial charge in [-0.1, -0.05) is 12.1 Å². The predicted molar refractivity (Wildman–Crippen MR) is 97.8 cm³/mol. The summed E-state index contributed by atoms with van der Waals surface area (Å²) >= 11 is 0. The van der Waals surface area contributed by atoms with Crippen molar-refractivity contribution in [3.8, 4) is 0 Å². The number of esters is 1. The zero-order valence-electron chi connectivity index (χ0n) is 14.4. The average molecular weight is 365 g/mol. The molecule has 136 valence electrons. The first-order valence-corrected chi connectivity index (χ1v) is 8.05. The lowest BCUT2D eigenvalue weighted by Gasteiger charge is -2.07. The number of amides is 1. The molecule has 3 aromatic rings. The number of ether oxygens (including phenoxy) is 1. The van der Waals surface area contributed by atoms with Crippen LogP contribution in [-0.2, 0) is 9.53 Å². The highest BCUT2D eigenvalue weighted by Crippen LogP contribution is 2.13. The van der Waals surface area contributed by atoms with Crippen LogP contribution >= 0.6 is 0 Å². The fourth-order valence-corrected chi connectivity index (χ4v) is 2.39. The van der Waals surface area contributed by atoms with Crippen molar-refractivity contribution in [3.05, 3.63) is 76.1 Å². The number of ketones is 1. The molecule has 27 heavy (non-hydrogen) atoms. The second kappa shape index (κ2) is 7.65. The molecule has 3 rings (SSSR count). The van der Waals surface area contributed by atoms with Gasteiger partial charge in [0.1, 0.15) is 5.58 Å². The number of nitrogens with one attached hydrogen (secondary N) is 1. The van der Waals surface area contributed by atoms with E-state index in [1.807, 2.05) is 0 Å². The van der Waals surface area contributed by atoms with Crippen molar-refractivity contribution in [2.24, 2.45) is 0 Å². The van der Waals surface area contributed by atoms with E-state index in [9.17, 15) is 19.2 Å². The SMILES string of the molecule is CC(=O)c1ccc(NC(=O)COC(=O)c2cc(=O)c3ccccc3o2)cc1. The van der Waals surface area contributed by atoms with Crippen LogP contribution in [0, 0.1) is 0 Å². The van der Waals surface area contributed by atoms with Crippen LogP contribution in [0.1, 0.15) is 27.8 Å². The highest BCUT2D eigenvalue weighted by molar-refractivity contribution is 5.97. The molecule has 0 saturated carbocycles. The number of hydrogen-bond donors (Lipinski definition) is 1. The van der Waals surface area contributed by atoms with Gasteiger partial charge in [-0.25, -0.2) is 4.79 Å². The van der Waals surface area contributed by atoms with Crippen LogP contribution in [0.5, 0.6) is 0 Å². The second-order valence-corrected chi connectivity index (χ2v) is 5.73. The first-order chi connectivity index (χ1) is 12.9. The number of hydrogen-bond acceptors (Lipinski definition) is 6. The molecule has 1 aromatic heterocycles. The Morgan fingerprint density at radius 1 is 1.04 bits per heavy atom. The molecule has 0 aliphatic rings. The van der Waals surface area contributed by atoms with Gasteiger partial charge in [0.25, 0.3) is 5.91 Å². The lowest BCUT2D eigenvalue weighted by atomic mass is 10.1. The number of para-hydroxylation sites is 1. The third-order valence-corrected chi connectivity index (χ3v) is 3.75. The first kappa shape index (κ1) is 18.1. The van der Waals surface area contributed by atoms with Crippen LogP contribution < -0.4 is 10.7 Å². The summed E-state index contributed by atoms with van der Waals surface area (Å²) in [5.74, 6) is -1.85. The van der Waals surface area contributed by atoms with E-state index in [1.54, 1.807) is 48.5 Å². The van der Waals surface area contributed by atoms with Crippen molar-refractivity contribution >= 4 is 34.3 Å². The third-order valence-electron chi connectivity index (χ3n) is 3.75. The largest absolute Gasteiger partial charge is 0.450 e. The normalized spacial score (nSPS) is 10.4. The minimum Gasteiger partial charge on any atom is -0.450 e. The highest BCUT2D eigenvalue weighted by Gasteiger charge is 2.15. The molecule has 0 bridgehead atoms. The van der Waals surface area contributed by atoms with Gasteiger partial charge in [-0.3, -0.25) is 14.4 Å². The van der Waals surface area contributed by atoms with Crippen LogP contribution in [0.3, 0.4) is 0 Å². The molecule has 1 heterocycles. The Hall–Kier alpha value is -3.74. The molecule has 7 nitrogen and oxygen atoms in total. The summed E-state index contributed by atoms with van der Waals surface area (Å²) in [6.07, 6.45) is 0. The molecule has 0 saturated heterocycles. The van der Waals surface area contributed by atoms with E-state index in [0.29, 0.717) is 16.6 Å². The van der Waals surface area contributed by atoms with E-state index < -0.39 is 18.5 Å².